The quantitative estimate of drug-likeness (QED) is 0.640. The van der Waals surface area contributed by atoms with Gasteiger partial charge in [-0.25, -0.2) is 4.98 Å². The van der Waals surface area contributed by atoms with Gasteiger partial charge in [-0.15, -0.1) is 0 Å². The van der Waals surface area contributed by atoms with Crippen LogP contribution < -0.4 is 4.74 Å². The first-order chi connectivity index (χ1) is 7.24. The summed E-state index contributed by atoms with van der Waals surface area (Å²) in [6.07, 6.45) is 1.96. The van der Waals surface area contributed by atoms with Gasteiger partial charge in [0.05, 0.1) is 5.69 Å². The second-order valence-corrected chi connectivity index (χ2v) is 3.80. The van der Waals surface area contributed by atoms with Crippen LogP contribution in [0.2, 0.25) is 5.15 Å². The Kier molecular flexibility index (Phi) is 1.73. The van der Waals surface area contributed by atoms with Crippen molar-refractivity contribution in [1.82, 2.24) is 14.5 Å². The highest BCUT2D eigenvalue weighted by atomic mass is 35.5. The second kappa shape index (κ2) is 2.97. The molecule has 0 unspecified atom stereocenters. The zero-order valence-corrected chi connectivity index (χ0v) is 8.82. The first-order valence-corrected chi connectivity index (χ1v) is 4.96. The van der Waals surface area contributed by atoms with Crippen molar-refractivity contribution in [2.24, 2.45) is 0 Å². The van der Waals surface area contributed by atoms with Crippen molar-refractivity contribution in [2.45, 2.75) is 13.5 Å². The summed E-state index contributed by atoms with van der Waals surface area (Å²) in [5.41, 5.74) is 1.86. The number of rotatable bonds is 0. The highest BCUT2D eigenvalue weighted by Gasteiger charge is 2.19. The molecule has 2 aromatic heterocycles. The highest BCUT2D eigenvalue weighted by molar-refractivity contribution is 6.29. The number of hydrogen-bond acceptors (Lipinski definition) is 3. The van der Waals surface area contributed by atoms with E-state index in [4.69, 9.17) is 16.3 Å². The molecule has 0 saturated heterocycles. The van der Waals surface area contributed by atoms with Gasteiger partial charge < -0.3 is 4.74 Å². The zero-order valence-electron chi connectivity index (χ0n) is 8.07. The first kappa shape index (κ1) is 8.73. The molecule has 4 nitrogen and oxygen atoms in total. The van der Waals surface area contributed by atoms with Gasteiger partial charge in [0.1, 0.15) is 17.4 Å². The highest BCUT2D eigenvalue weighted by Crippen LogP contribution is 2.28. The van der Waals surface area contributed by atoms with Gasteiger partial charge in [-0.3, -0.25) is 4.57 Å². The van der Waals surface area contributed by atoms with Crippen LogP contribution in [0.1, 0.15) is 11.5 Å². The van der Waals surface area contributed by atoms with Crippen LogP contribution in [0.4, 0.5) is 0 Å². The molecule has 2 aromatic rings. The second-order valence-electron chi connectivity index (χ2n) is 3.42. The number of pyridine rings is 1. The molecule has 5 heteroatoms. The maximum absolute atomic E-state index is 5.79. The van der Waals surface area contributed by atoms with E-state index in [1.807, 2.05) is 23.8 Å². The van der Waals surface area contributed by atoms with Gasteiger partial charge in [-0.2, -0.15) is 4.98 Å². The molecule has 15 heavy (non-hydrogen) atoms. The van der Waals surface area contributed by atoms with Gasteiger partial charge in [0.25, 0.3) is 0 Å². The van der Waals surface area contributed by atoms with E-state index in [1.54, 1.807) is 6.07 Å². The van der Waals surface area contributed by atoms with Crippen molar-refractivity contribution in [3.05, 3.63) is 35.0 Å². The monoisotopic (exact) mass is 221 g/mol. The SMILES string of the molecule is Cc1cn2c(n1)COc1nc(Cl)ccc1-2. The molecule has 0 fully saturated rings. The standard InChI is InChI=1S/C10H8ClN3O/c1-6-4-14-7-2-3-8(11)13-10(7)15-5-9(14)12-6/h2-4H,5H2,1H3. The third kappa shape index (κ3) is 1.29. The zero-order chi connectivity index (χ0) is 10.4. The van der Waals surface area contributed by atoms with E-state index in [9.17, 15) is 0 Å². The van der Waals surface area contributed by atoms with Crippen molar-refractivity contribution in [3.8, 4) is 11.6 Å². The third-order valence-corrected chi connectivity index (χ3v) is 2.51. The number of ether oxygens (including phenoxy) is 1. The Morgan fingerprint density at radius 2 is 2.27 bits per heavy atom. The lowest BCUT2D eigenvalue weighted by Crippen LogP contribution is -2.13. The average Bonchev–Trinajstić information content (AvgIpc) is 2.58. The number of halogens is 1. The maximum Gasteiger partial charge on any atom is 0.240 e. The van der Waals surface area contributed by atoms with E-state index < -0.39 is 0 Å². The van der Waals surface area contributed by atoms with Crippen LogP contribution in [0.3, 0.4) is 0 Å². The summed E-state index contributed by atoms with van der Waals surface area (Å²) in [6.45, 7) is 2.39. The number of aromatic nitrogens is 3. The van der Waals surface area contributed by atoms with Gasteiger partial charge >= 0.3 is 0 Å². The van der Waals surface area contributed by atoms with Crippen molar-refractivity contribution in [1.29, 1.82) is 0 Å². The molecule has 0 N–H and O–H groups in total. The van der Waals surface area contributed by atoms with E-state index in [0.29, 0.717) is 17.6 Å². The topological polar surface area (TPSA) is 39.9 Å². The Morgan fingerprint density at radius 1 is 1.40 bits per heavy atom. The number of aryl methyl sites for hydroxylation is 1. The fourth-order valence-corrected chi connectivity index (χ4v) is 1.83. The Bertz CT molecular complexity index is 535. The molecular formula is C10H8ClN3O. The number of imidazole rings is 1. The normalized spacial score (nSPS) is 12.9. The van der Waals surface area contributed by atoms with Crippen LogP contribution in [0.25, 0.3) is 5.69 Å². The summed E-state index contributed by atoms with van der Waals surface area (Å²) >= 11 is 5.79. The average molecular weight is 222 g/mol. The van der Waals surface area contributed by atoms with Crippen LogP contribution in [-0.4, -0.2) is 14.5 Å². The van der Waals surface area contributed by atoms with Crippen LogP contribution >= 0.6 is 11.6 Å². The molecule has 0 bridgehead atoms. The van der Waals surface area contributed by atoms with Crippen molar-refractivity contribution in [2.75, 3.05) is 0 Å². The Morgan fingerprint density at radius 3 is 3.13 bits per heavy atom. The summed E-state index contributed by atoms with van der Waals surface area (Å²) in [7, 11) is 0. The van der Waals surface area contributed by atoms with Crippen molar-refractivity contribution in [3.63, 3.8) is 0 Å². The van der Waals surface area contributed by atoms with E-state index in [-0.39, 0.29) is 0 Å². The summed E-state index contributed by atoms with van der Waals surface area (Å²) in [4.78, 5) is 8.47. The number of nitrogens with zero attached hydrogens (tertiary/aromatic N) is 3. The van der Waals surface area contributed by atoms with Crippen LogP contribution in [0, 0.1) is 6.92 Å². The van der Waals surface area contributed by atoms with Crippen molar-refractivity contribution >= 4 is 11.6 Å². The molecule has 1 aliphatic rings. The van der Waals surface area contributed by atoms with E-state index in [0.717, 1.165) is 17.2 Å². The Labute approximate surface area is 91.5 Å². The van der Waals surface area contributed by atoms with Gasteiger partial charge in [-0.05, 0) is 19.1 Å². The van der Waals surface area contributed by atoms with Gasteiger partial charge in [0.2, 0.25) is 5.88 Å². The summed E-state index contributed by atoms with van der Waals surface area (Å²) in [5, 5.41) is 0.439. The minimum absolute atomic E-state index is 0.439. The molecule has 0 spiro atoms. The van der Waals surface area contributed by atoms with Gasteiger partial charge in [-0.1, -0.05) is 11.6 Å². The predicted octanol–water partition coefficient (Wildman–Crippen LogP) is 2.12. The smallest absolute Gasteiger partial charge is 0.240 e. The Hall–Kier alpha value is -1.55. The largest absolute Gasteiger partial charge is 0.468 e. The van der Waals surface area contributed by atoms with Crippen LogP contribution in [0.15, 0.2) is 18.3 Å². The van der Waals surface area contributed by atoms with Crippen molar-refractivity contribution < 1.29 is 4.74 Å². The molecule has 0 saturated carbocycles. The molecule has 3 rings (SSSR count). The fraction of sp³-hybridized carbons (Fsp3) is 0.200. The fourth-order valence-electron chi connectivity index (χ4n) is 1.69. The molecule has 0 aliphatic carbocycles. The minimum Gasteiger partial charge on any atom is -0.468 e. The molecule has 0 atom stereocenters. The number of hydrogen-bond donors (Lipinski definition) is 0. The molecule has 1 aliphatic heterocycles. The van der Waals surface area contributed by atoms with E-state index in [1.165, 1.54) is 0 Å². The molecule has 3 heterocycles. The van der Waals surface area contributed by atoms with E-state index in [2.05, 4.69) is 9.97 Å². The first-order valence-electron chi connectivity index (χ1n) is 4.58. The number of fused-ring (bicyclic) bond motifs is 3. The van der Waals surface area contributed by atoms with Crippen LogP contribution in [-0.2, 0) is 6.61 Å². The molecule has 0 radical (unpaired) electrons. The summed E-state index contributed by atoms with van der Waals surface area (Å²) in [5.74, 6) is 1.46. The lowest BCUT2D eigenvalue weighted by molar-refractivity contribution is 0.268. The summed E-state index contributed by atoms with van der Waals surface area (Å²) in [6, 6.07) is 3.63. The third-order valence-electron chi connectivity index (χ3n) is 2.30. The maximum atomic E-state index is 5.79. The lowest BCUT2D eigenvalue weighted by Gasteiger charge is -2.17. The minimum atomic E-state index is 0.439. The van der Waals surface area contributed by atoms with E-state index >= 15 is 0 Å². The molecule has 0 aromatic carbocycles. The predicted molar refractivity (Wildman–Crippen MR) is 55.4 cm³/mol. The lowest BCUT2D eigenvalue weighted by atomic mass is 10.3. The molecule has 76 valence electrons. The van der Waals surface area contributed by atoms with Gasteiger partial charge in [0, 0.05) is 6.20 Å². The van der Waals surface area contributed by atoms with Gasteiger partial charge in [0.15, 0.2) is 5.82 Å². The molecule has 0 amide bonds. The molecular weight excluding hydrogens is 214 g/mol. The summed E-state index contributed by atoms with van der Waals surface area (Å²) < 4.78 is 7.45. The van der Waals surface area contributed by atoms with Crippen LogP contribution in [0.5, 0.6) is 5.88 Å². The Balaban J connectivity index is 2.25.